The van der Waals surface area contributed by atoms with E-state index in [1.807, 2.05) is 0 Å². The zero-order valence-corrected chi connectivity index (χ0v) is 10.6. The lowest BCUT2D eigenvalue weighted by Crippen LogP contribution is -2.44. The highest BCUT2D eigenvalue weighted by Crippen LogP contribution is 2.15. The molecule has 0 aromatic heterocycles. The Balaban J connectivity index is 2.21. The van der Waals surface area contributed by atoms with E-state index in [1.165, 1.54) is 0 Å². The van der Waals surface area contributed by atoms with E-state index in [-0.39, 0.29) is 5.54 Å². The zero-order chi connectivity index (χ0) is 11.5. The van der Waals surface area contributed by atoms with E-state index in [1.54, 1.807) is 0 Å². The first kappa shape index (κ1) is 12.9. The number of ether oxygens (including phenoxy) is 1. The van der Waals surface area contributed by atoms with Crippen molar-refractivity contribution in [2.24, 2.45) is 11.7 Å². The Morgan fingerprint density at radius 3 is 2.67 bits per heavy atom. The topological polar surface area (TPSA) is 38.5 Å². The fourth-order valence-electron chi connectivity index (χ4n) is 1.98. The first-order valence-corrected chi connectivity index (χ1v) is 5.99. The van der Waals surface area contributed by atoms with E-state index in [9.17, 15) is 0 Å². The van der Waals surface area contributed by atoms with Gasteiger partial charge in [-0.05, 0) is 26.2 Å². The highest BCUT2D eigenvalue weighted by Gasteiger charge is 2.26. The summed E-state index contributed by atoms with van der Waals surface area (Å²) >= 11 is 0. The Labute approximate surface area is 94.0 Å². The van der Waals surface area contributed by atoms with E-state index >= 15 is 0 Å². The fraction of sp³-hybridized carbons (Fsp3) is 1.00. The van der Waals surface area contributed by atoms with Crippen molar-refractivity contribution in [3.05, 3.63) is 0 Å². The third-order valence-corrected chi connectivity index (χ3v) is 2.53. The van der Waals surface area contributed by atoms with Gasteiger partial charge in [0.25, 0.3) is 0 Å². The number of hydrogen-bond donors (Lipinski definition) is 1. The van der Waals surface area contributed by atoms with E-state index in [2.05, 4.69) is 32.6 Å². The van der Waals surface area contributed by atoms with Gasteiger partial charge in [0.15, 0.2) is 0 Å². The molecular weight excluding hydrogens is 188 g/mol. The van der Waals surface area contributed by atoms with Crippen LogP contribution in [0.1, 0.15) is 34.1 Å². The molecule has 0 amide bonds. The normalized spacial score (nSPS) is 24.0. The minimum atomic E-state index is -0.0903. The molecule has 0 radical (unpaired) electrons. The second-order valence-electron chi connectivity index (χ2n) is 5.86. The maximum atomic E-state index is 6.00. The van der Waals surface area contributed by atoms with Gasteiger partial charge in [-0.3, -0.25) is 4.90 Å². The molecule has 1 aliphatic rings. The summed E-state index contributed by atoms with van der Waals surface area (Å²) in [5, 5.41) is 0. The predicted molar refractivity (Wildman–Crippen MR) is 63.9 cm³/mol. The van der Waals surface area contributed by atoms with Crippen LogP contribution in [0.5, 0.6) is 0 Å². The Morgan fingerprint density at radius 2 is 2.13 bits per heavy atom. The molecule has 1 aliphatic heterocycles. The van der Waals surface area contributed by atoms with E-state index < -0.39 is 0 Å². The van der Waals surface area contributed by atoms with Crippen LogP contribution in [0.4, 0.5) is 0 Å². The summed E-state index contributed by atoms with van der Waals surface area (Å²) in [6.45, 7) is 12.6. The minimum absolute atomic E-state index is 0.0903. The summed E-state index contributed by atoms with van der Waals surface area (Å²) in [5.74, 6) is 0.630. The fourth-order valence-corrected chi connectivity index (χ4v) is 1.98. The Kier molecular flexibility index (Phi) is 4.56. The summed E-state index contributed by atoms with van der Waals surface area (Å²) in [6, 6.07) is 0. The molecule has 90 valence electrons. The average Bonchev–Trinajstić information content (AvgIpc) is 2.45. The molecule has 1 rings (SSSR count). The van der Waals surface area contributed by atoms with Crippen molar-refractivity contribution in [3.8, 4) is 0 Å². The molecule has 0 aliphatic carbocycles. The third kappa shape index (κ3) is 5.50. The molecule has 1 unspecified atom stereocenters. The number of hydrogen-bond acceptors (Lipinski definition) is 3. The predicted octanol–water partition coefficient (Wildman–Crippen LogP) is 1.47. The molecular formula is C12H26N2O. The van der Waals surface area contributed by atoms with E-state index in [4.69, 9.17) is 10.5 Å². The van der Waals surface area contributed by atoms with Crippen molar-refractivity contribution in [1.82, 2.24) is 4.90 Å². The first-order valence-electron chi connectivity index (χ1n) is 5.99. The molecule has 1 heterocycles. The smallest absolute Gasteiger partial charge is 0.0714 e. The maximum absolute atomic E-state index is 6.00. The molecule has 0 aromatic rings. The van der Waals surface area contributed by atoms with Gasteiger partial charge in [0.05, 0.1) is 6.10 Å². The van der Waals surface area contributed by atoms with Crippen molar-refractivity contribution in [2.45, 2.75) is 45.8 Å². The lowest BCUT2D eigenvalue weighted by molar-refractivity contribution is 0.0407. The molecule has 0 saturated carbocycles. The molecule has 0 bridgehead atoms. The van der Waals surface area contributed by atoms with Gasteiger partial charge in [-0.2, -0.15) is 0 Å². The lowest BCUT2D eigenvalue weighted by Gasteiger charge is -2.26. The van der Waals surface area contributed by atoms with Crippen LogP contribution in [0.3, 0.4) is 0 Å². The van der Waals surface area contributed by atoms with Gasteiger partial charge in [0, 0.05) is 31.8 Å². The highest BCUT2D eigenvalue weighted by molar-refractivity contribution is 4.83. The maximum Gasteiger partial charge on any atom is 0.0714 e. The Morgan fingerprint density at radius 1 is 1.47 bits per heavy atom. The monoisotopic (exact) mass is 214 g/mol. The van der Waals surface area contributed by atoms with Crippen molar-refractivity contribution < 1.29 is 4.74 Å². The van der Waals surface area contributed by atoms with Gasteiger partial charge in [0.1, 0.15) is 0 Å². The number of rotatable bonds is 5. The third-order valence-electron chi connectivity index (χ3n) is 2.53. The van der Waals surface area contributed by atoms with Crippen LogP contribution in [-0.4, -0.2) is 42.8 Å². The standard InChI is InChI=1S/C12H26N2O/c1-10(2)8-15-11-5-6-14(7-11)9-12(3,4)13/h10-11H,5-9,13H2,1-4H3. The van der Waals surface area contributed by atoms with Crippen molar-refractivity contribution >= 4 is 0 Å². The van der Waals surface area contributed by atoms with Crippen LogP contribution in [0.25, 0.3) is 0 Å². The van der Waals surface area contributed by atoms with Crippen molar-refractivity contribution in [3.63, 3.8) is 0 Å². The van der Waals surface area contributed by atoms with Crippen LogP contribution in [0.2, 0.25) is 0 Å². The summed E-state index contributed by atoms with van der Waals surface area (Å²) in [4.78, 5) is 2.41. The summed E-state index contributed by atoms with van der Waals surface area (Å²) < 4.78 is 5.83. The van der Waals surface area contributed by atoms with Crippen LogP contribution in [0.15, 0.2) is 0 Å². The van der Waals surface area contributed by atoms with Gasteiger partial charge in [-0.25, -0.2) is 0 Å². The average molecular weight is 214 g/mol. The van der Waals surface area contributed by atoms with E-state index in [0.717, 1.165) is 32.7 Å². The first-order chi connectivity index (χ1) is 6.87. The van der Waals surface area contributed by atoms with Gasteiger partial charge in [0.2, 0.25) is 0 Å². The quantitative estimate of drug-likeness (QED) is 0.753. The molecule has 3 heteroatoms. The molecule has 2 N–H and O–H groups in total. The molecule has 1 atom stereocenters. The molecule has 0 spiro atoms. The van der Waals surface area contributed by atoms with Crippen LogP contribution in [0, 0.1) is 5.92 Å². The van der Waals surface area contributed by atoms with E-state index in [0.29, 0.717) is 12.0 Å². The van der Waals surface area contributed by atoms with Crippen LogP contribution in [-0.2, 0) is 4.74 Å². The second-order valence-corrected chi connectivity index (χ2v) is 5.86. The zero-order valence-electron chi connectivity index (χ0n) is 10.6. The van der Waals surface area contributed by atoms with Gasteiger partial charge in [-0.15, -0.1) is 0 Å². The molecule has 1 fully saturated rings. The van der Waals surface area contributed by atoms with Crippen molar-refractivity contribution in [2.75, 3.05) is 26.2 Å². The molecule has 1 saturated heterocycles. The van der Waals surface area contributed by atoms with Crippen LogP contribution >= 0.6 is 0 Å². The Bertz CT molecular complexity index is 187. The summed E-state index contributed by atoms with van der Waals surface area (Å²) in [5.41, 5.74) is 5.91. The molecule has 3 nitrogen and oxygen atoms in total. The lowest BCUT2D eigenvalue weighted by atomic mass is 10.1. The molecule has 15 heavy (non-hydrogen) atoms. The van der Waals surface area contributed by atoms with Gasteiger partial charge >= 0.3 is 0 Å². The van der Waals surface area contributed by atoms with Gasteiger partial charge < -0.3 is 10.5 Å². The SMILES string of the molecule is CC(C)COC1CCN(CC(C)(C)N)C1. The number of likely N-dealkylation sites (tertiary alicyclic amines) is 1. The number of nitrogens with two attached hydrogens (primary N) is 1. The highest BCUT2D eigenvalue weighted by atomic mass is 16.5. The van der Waals surface area contributed by atoms with Crippen LogP contribution < -0.4 is 5.73 Å². The number of nitrogens with zero attached hydrogens (tertiary/aromatic N) is 1. The Hall–Kier alpha value is -0.120. The summed E-state index contributed by atoms with van der Waals surface area (Å²) in [6.07, 6.45) is 1.58. The largest absolute Gasteiger partial charge is 0.377 e. The van der Waals surface area contributed by atoms with Gasteiger partial charge in [-0.1, -0.05) is 13.8 Å². The second kappa shape index (κ2) is 5.28. The summed E-state index contributed by atoms with van der Waals surface area (Å²) in [7, 11) is 0. The molecule has 0 aromatic carbocycles. The van der Waals surface area contributed by atoms with Crippen molar-refractivity contribution in [1.29, 1.82) is 0 Å². The minimum Gasteiger partial charge on any atom is -0.377 e.